The molecule has 0 amide bonds. The zero-order valence-corrected chi connectivity index (χ0v) is 21.0. The summed E-state index contributed by atoms with van der Waals surface area (Å²) in [4.78, 5) is 23.1. The van der Waals surface area contributed by atoms with E-state index in [0.717, 1.165) is 22.7 Å². The van der Waals surface area contributed by atoms with Crippen molar-refractivity contribution in [1.82, 2.24) is 14.5 Å². The quantitative estimate of drug-likeness (QED) is 0.190. The summed E-state index contributed by atoms with van der Waals surface area (Å²) in [5, 5.41) is 1.14. The van der Waals surface area contributed by atoms with Crippen molar-refractivity contribution in [2.75, 3.05) is 13.7 Å². The van der Waals surface area contributed by atoms with Crippen LogP contribution in [0.5, 0.6) is 11.5 Å². The van der Waals surface area contributed by atoms with Gasteiger partial charge in [0.2, 0.25) is 5.89 Å². The number of hydrogen-bond donors (Lipinski definition) is 0. The lowest BCUT2D eigenvalue weighted by molar-refractivity contribution is 0.340. The van der Waals surface area contributed by atoms with E-state index >= 15 is 0 Å². The monoisotopic (exact) mass is 499 g/mol. The number of ether oxygens (including phenoxy) is 2. The zero-order valence-electron chi connectivity index (χ0n) is 20.2. The van der Waals surface area contributed by atoms with Gasteiger partial charge in [0.15, 0.2) is 5.16 Å². The average Bonchev–Trinajstić information content (AvgIpc) is 3.28. The Morgan fingerprint density at radius 3 is 2.50 bits per heavy atom. The van der Waals surface area contributed by atoms with E-state index in [-0.39, 0.29) is 5.56 Å². The molecule has 7 nitrogen and oxygen atoms in total. The van der Waals surface area contributed by atoms with Crippen molar-refractivity contribution in [1.29, 1.82) is 0 Å². The first-order valence-electron chi connectivity index (χ1n) is 11.6. The number of thioether (sulfide) groups is 1. The van der Waals surface area contributed by atoms with Gasteiger partial charge < -0.3 is 13.9 Å². The minimum atomic E-state index is -0.126. The van der Waals surface area contributed by atoms with E-state index in [1.807, 2.05) is 80.6 Å². The number of aryl methyl sites for hydroxylation is 1. The van der Waals surface area contributed by atoms with Crippen LogP contribution in [0.4, 0.5) is 0 Å². The van der Waals surface area contributed by atoms with Gasteiger partial charge in [-0.25, -0.2) is 9.97 Å². The highest BCUT2D eigenvalue weighted by atomic mass is 32.2. The van der Waals surface area contributed by atoms with Crippen molar-refractivity contribution in [3.63, 3.8) is 0 Å². The van der Waals surface area contributed by atoms with Gasteiger partial charge in [-0.15, -0.1) is 0 Å². The summed E-state index contributed by atoms with van der Waals surface area (Å²) in [6, 6.07) is 22.4. The summed E-state index contributed by atoms with van der Waals surface area (Å²) in [5.41, 5.74) is 2.81. The Morgan fingerprint density at radius 1 is 0.972 bits per heavy atom. The number of hydrogen-bond acceptors (Lipinski definition) is 7. The highest BCUT2D eigenvalue weighted by molar-refractivity contribution is 7.98. The number of rotatable bonds is 8. The predicted octanol–water partition coefficient (Wildman–Crippen LogP) is 6.05. The van der Waals surface area contributed by atoms with E-state index < -0.39 is 0 Å². The van der Waals surface area contributed by atoms with E-state index in [0.29, 0.717) is 45.8 Å². The molecule has 0 saturated heterocycles. The van der Waals surface area contributed by atoms with E-state index in [1.54, 1.807) is 17.7 Å². The number of oxazole rings is 1. The van der Waals surface area contributed by atoms with Crippen LogP contribution >= 0.6 is 11.8 Å². The second-order valence-corrected chi connectivity index (χ2v) is 8.93. The molecule has 2 aromatic heterocycles. The summed E-state index contributed by atoms with van der Waals surface area (Å²) in [6.45, 7) is 4.40. The Labute approximate surface area is 212 Å². The lowest BCUT2D eigenvalue weighted by atomic mass is 10.2. The molecule has 0 saturated carbocycles. The predicted molar refractivity (Wildman–Crippen MR) is 141 cm³/mol. The standard InChI is InChI=1S/C28H25N3O4S/c1-4-34-20-15-13-19(14-16-20)31-27(32)21-9-5-7-11-23(21)30-28(31)36-17-24-18(2)35-26(29-24)22-10-6-8-12-25(22)33-3/h5-16H,4,17H2,1-3H3. The topological polar surface area (TPSA) is 79.4 Å². The van der Waals surface area contributed by atoms with Gasteiger partial charge in [0, 0.05) is 5.75 Å². The largest absolute Gasteiger partial charge is 0.496 e. The van der Waals surface area contributed by atoms with Crippen LogP contribution in [-0.2, 0) is 5.75 Å². The van der Waals surface area contributed by atoms with Crippen molar-refractivity contribution in [3.05, 3.63) is 94.6 Å². The Balaban J connectivity index is 1.52. The molecule has 0 aliphatic rings. The van der Waals surface area contributed by atoms with Crippen LogP contribution in [0.1, 0.15) is 18.4 Å². The smallest absolute Gasteiger partial charge is 0.266 e. The summed E-state index contributed by atoms with van der Waals surface area (Å²) in [5.74, 6) is 3.12. The van der Waals surface area contributed by atoms with Gasteiger partial charge in [0.25, 0.3) is 5.56 Å². The third-order valence-electron chi connectivity index (χ3n) is 5.72. The maximum absolute atomic E-state index is 13.5. The van der Waals surface area contributed by atoms with Crippen molar-refractivity contribution < 1.29 is 13.9 Å². The van der Waals surface area contributed by atoms with E-state index in [4.69, 9.17) is 23.9 Å². The van der Waals surface area contributed by atoms with Crippen LogP contribution < -0.4 is 15.0 Å². The van der Waals surface area contributed by atoms with Gasteiger partial charge in [-0.1, -0.05) is 36.0 Å². The van der Waals surface area contributed by atoms with Crippen molar-refractivity contribution in [2.45, 2.75) is 24.8 Å². The summed E-state index contributed by atoms with van der Waals surface area (Å²) < 4.78 is 18.6. The maximum atomic E-state index is 13.5. The Bertz CT molecular complexity index is 1570. The van der Waals surface area contributed by atoms with Crippen LogP contribution in [0, 0.1) is 6.92 Å². The highest BCUT2D eigenvalue weighted by Crippen LogP contribution is 2.32. The normalized spacial score (nSPS) is 11.1. The third-order valence-corrected chi connectivity index (χ3v) is 6.67. The van der Waals surface area contributed by atoms with Gasteiger partial charge in [-0.2, -0.15) is 0 Å². The lowest BCUT2D eigenvalue weighted by Gasteiger charge is -2.13. The van der Waals surface area contributed by atoms with Gasteiger partial charge >= 0.3 is 0 Å². The van der Waals surface area contributed by atoms with Gasteiger partial charge in [0.05, 0.1) is 41.6 Å². The molecule has 0 atom stereocenters. The molecule has 5 aromatic rings. The fourth-order valence-electron chi connectivity index (χ4n) is 3.93. The molecule has 3 aromatic carbocycles. The molecule has 0 aliphatic carbocycles. The molecule has 182 valence electrons. The summed E-state index contributed by atoms with van der Waals surface area (Å²) in [6.07, 6.45) is 0. The fourth-order valence-corrected chi connectivity index (χ4v) is 4.94. The average molecular weight is 500 g/mol. The summed E-state index contributed by atoms with van der Waals surface area (Å²) >= 11 is 1.44. The molecule has 5 rings (SSSR count). The first-order chi connectivity index (χ1) is 17.6. The second kappa shape index (κ2) is 10.3. The number of para-hydroxylation sites is 2. The van der Waals surface area contributed by atoms with E-state index in [9.17, 15) is 4.79 Å². The van der Waals surface area contributed by atoms with Gasteiger partial charge in [0.1, 0.15) is 17.3 Å². The number of nitrogens with zero attached hydrogens (tertiary/aromatic N) is 3. The minimum Gasteiger partial charge on any atom is -0.496 e. The van der Waals surface area contributed by atoms with Gasteiger partial charge in [-0.3, -0.25) is 9.36 Å². The minimum absolute atomic E-state index is 0.126. The van der Waals surface area contributed by atoms with E-state index in [1.165, 1.54) is 11.8 Å². The number of aromatic nitrogens is 3. The summed E-state index contributed by atoms with van der Waals surface area (Å²) in [7, 11) is 1.62. The van der Waals surface area contributed by atoms with Crippen LogP contribution in [0.3, 0.4) is 0 Å². The molecule has 0 unspecified atom stereocenters. The Kier molecular flexibility index (Phi) is 6.77. The molecule has 0 spiro atoms. The molecule has 8 heteroatoms. The van der Waals surface area contributed by atoms with Crippen LogP contribution in [0.25, 0.3) is 28.0 Å². The highest BCUT2D eigenvalue weighted by Gasteiger charge is 2.18. The van der Waals surface area contributed by atoms with Crippen molar-refractivity contribution in [3.8, 4) is 28.6 Å². The first-order valence-corrected chi connectivity index (χ1v) is 12.5. The molecule has 0 aliphatic heterocycles. The number of methoxy groups -OCH3 is 1. The second-order valence-electron chi connectivity index (χ2n) is 7.99. The Hall–Kier alpha value is -4.04. The maximum Gasteiger partial charge on any atom is 0.266 e. The fraction of sp³-hybridized carbons (Fsp3) is 0.179. The van der Waals surface area contributed by atoms with Crippen LogP contribution in [0.15, 0.2) is 87.2 Å². The zero-order chi connectivity index (χ0) is 25.1. The van der Waals surface area contributed by atoms with E-state index in [2.05, 4.69) is 0 Å². The van der Waals surface area contributed by atoms with Crippen LogP contribution in [-0.4, -0.2) is 28.3 Å². The van der Waals surface area contributed by atoms with Gasteiger partial charge in [-0.05, 0) is 62.4 Å². The molecule has 0 bridgehead atoms. The van der Waals surface area contributed by atoms with Crippen molar-refractivity contribution >= 4 is 22.7 Å². The molecule has 0 N–H and O–H groups in total. The third kappa shape index (κ3) is 4.59. The molecule has 2 heterocycles. The number of fused-ring (bicyclic) bond motifs is 1. The molecule has 36 heavy (non-hydrogen) atoms. The molecule has 0 radical (unpaired) electrons. The number of benzene rings is 3. The van der Waals surface area contributed by atoms with Crippen molar-refractivity contribution in [2.24, 2.45) is 0 Å². The SMILES string of the molecule is CCOc1ccc(-n2c(SCc3nc(-c4ccccc4OC)oc3C)nc3ccccc3c2=O)cc1. The molecular formula is C28H25N3O4S. The van der Waals surface area contributed by atoms with Crippen LogP contribution in [0.2, 0.25) is 0 Å². The first kappa shape index (κ1) is 23.7. The lowest BCUT2D eigenvalue weighted by Crippen LogP contribution is -2.21. The molecular weight excluding hydrogens is 474 g/mol. The molecule has 0 fully saturated rings. The Morgan fingerprint density at radius 2 is 1.72 bits per heavy atom.